The van der Waals surface area contributed by atoms with Gasteiger partial charge in [0.15, 0.2) is 0 Å². The summed E-state index contributed by atoms with van der Waals surface area (Å²) in [6.07, 6.45) is 3.03. The molecule has 4 rings (SSSR count). The summed E-state index contributed by atoms with van der Waals surface area (Å²) in [5, 5.41) is 4.27. The molecule has 0 aliphatic carbocycles. The number of rotatable bonds is 1. The minimum absolute atomic E-state index is 0.122. The van der Waals surface area contributed by atoms with E-state index in [1.165, 1.54) is 0 Å². The Balaban J connectivity index is 1.76. The molecule has 2 aromatic rings. The number of aromatic nitrogens is 1. The Morgan fingerprint density at radius 1 is 1.14 bits per heavy atom. The van der Waals surface area contributed by atoms with Gasteiger partial charge < -0.3 is 15.2 Å². The first-order valence-corrected chi connectivity index (χ1v) is 7.89. The van der Waals surface area contributed by atoms with E-state index in [0.29, 0.717) is 0 Å². The first kappa shape index (κ1) is 13.5. The molecule has 2 fully saturated rings. The number of amides is 1. The number of fused-ring (bicyclic) bond motifs is 3. The van der Waals surface area contributed by atoms with Gasteiger partial charge >= 0.3 is 0 Å². The summed E-state index contributed by atoms with van der Waals surface area (Å²) in [4.78, 5) is 30.0. The minimum Gasteiger partial charge on any atom is -0.331 e. The zero-order chi connectivity index (χ0) is 15.1. The second-order valence-electron chi connectivity index (χ2n) is 6.19. The third-order valence-electron chi connectivity index (χ3n) is 4.87. The van der Waals surface area contributed by atoms with Crippen LogP contribution < -0.4 is 10.9 Å². The molecule has 0 radical (unpaired) electrons. The second kappa shape index (κ2) is 5.25. The molecule has 2 unspecified atom stereocenters. The summed E-state index contributed by atoms with van der Waals surface area (Å²) in [7, 11) is 0. The fourth-order valence-corrected chi connectivity index (χ4v) is 3.76. The number of benzene rings is 1. The van der Waals surface area contributed by atoms with E-state index in [4.69, 9.17) is 0 Å². The van der Waals surface area contributed by atoms with Gasteiger partial charge in [0.25, 0.3) is 11.5 Å². The molecular weight excluding hydrogens is 278 g/mol. The van der Waals surface area contributed by atoms with Gasteiger partial charge in [-0.1, -0.05) is 18.2 Å². The Hall–Kier alpha value is -2.14. The molecule has 5 heteroatoms. The second-order valence-corrected chi connectivity index (χ2v) is 6.19. The van der Waals surface area contributed by atoms with Crippen molar-refractivity contribution in [3.63, 3.8) is 0 Å². The highest BCUT2D eigenvalue weighted by Gasteiger charge is 2.39. The summed E-state index contributed by atoms with van der Waals surface area (Å²) >= 11 is 0. The van der Waals surface area contributed by atoms with Crippen LogP contribution in [0.5, 0.6) is 0 Å². The van der Waals surface area contributed by atoms with Crippen molar-refractivity contribution >= 4 is 16.8 Å². The molecule has 1 amide bonds. The first-order valence-electron chi connectivity index (χ1n) is 7.89. The van der Waals surface area contributed by atoms with Gasteiger partial charge in [0, 0.05) is 24.1 Å². The van der Waals surface area contributed by atoms with Crippen LogP contribution in [-0.2, 0) is 0 Å². The zero-order valence-corrected chi connectivity index (χ0v) is 12.3. The van der Waals surface area contributed by atoms with Crippen molar-refractivity contribution in [2.24, 2.45) is 0 Å². The van der Waals surface area contributed by atoms with Gasteiger partial charge in [-0.15, -0.1) is 0 Å². The van der Waals surface area contributed by atoms with E-state index in [0.717, 1.165) is 43.3 Å². The molecule has 2 aliphatic rings. The molecule has 5 nitrogen and oxygen atoms in total. The van der Waals surface area contributed by atoms with Gasteiger partial charge in [-0.3, -0.25) is 9.59 Å². The topological polar surface area (TPSA) is 65.2 Å². The SMILES string of the molecule is O=C(c1cc2ccccc2[nH]c1=O)N1C2CCNCC1CC2. The number of aromatic amines is 1. The number of nitrogens with one attached hydrogen (secondary N) is 2. The highest BCUT2D eigenvalue weighted by Crippen LogP contribution is 2.29. The largest absolute Gasteiger partial charge is 0.331 e. The molecule has 2 saturated heterocycles. The number of H-pyrrole nitrogens is 1. The van der Waals surface area contributed by atoms with Gasteiger partial charge in [0.05, 0.1) is 0 Å². The molecule has 0 spiro atoms. The summed E-state index contributed by atoms with van der Waals surface area (Å²) in [6, 6.07) is 9.76. The lowest BCUT2D eigenvalue weighted by molar-refractivity contribution is 0.0678. The lowest BCUT2D eigenvalue weighted by Gasteiger charge is -2.27. The van der Waals surface area contributed by atoms with Gasteiger partial charge in [-0.25, -0.2) is 0 Å². The van der Waals surface area contributed by atoms with Crippen LogP contribution in [0.25, 0.3) is 10.9 Å². The van der Waals surface area contributed by atoms with Gasteiger partial charge in [0.1, 0.15) is 5.56 Å². The number of para-hydroxylation sites is 1. The monoisotopic (exact) mass is 297 g/mol. The van der Waals surface area contributed by atoms with Gasteiger partial charge in [0.2, 0.25) is 0 Å². The van der Waals surface area contributed by atoms with Crippen molar-refractivity contribution < 1.29 is 4.79 Å². The van der Waals surface area contributed by atoms with Crippen LogP contribution in [0.1, 0.15) is 29.6 Å². The maximum absolute atomic E-state index is 13.0. The maximum Gasteiger partial charge on any atom is 0.261 e. The highest BCUT2D eigenvalue weighted by atomic mass is 16.2. The standard InChI is InChI=1S/C17H19N3O2/c21-16-14(9-11-3-1-2-4-15(11)19-16)17(22)20-12-5-6-13(20)10-18-8-7-12/h1-4,9,12-13,18H,5-8,10H2,(H,19,21). The summed E-state index contributed by atoms with van der Waals surface area (Å²) < 4.78 is 0. The van der Waals surface area contributed by atoms with Crippen LogP contribution in [0.2, 0.25) is 0 Å². The average molecular weight is 297 g/mol. The molecule has 0 saturated carbocycles. The fraction of sp³-hybridized carbons (Fsp3) is 0.412. The van der Waals surface area contributed by atoms with Crippen molar-refractivity contribution in [1.82, 2.24) is 15.2 Å². The molecular formula is C17H19N3O2. The molecule has 2 aliphatic heterocycles. The number of hydrogen-bond donors (Lipinski definition) is 2. The van der Waals surface area contributed by atoms with Crippen molar-refractivity contribution in [1.29, 1.82) is 0 Å². The summed E-state index contributed by atoms with van der Waals surface area (Å²) in [6.45, 7) is 1.77. The molecule has 1 aromatic heterocycles. The number of hydrogen-bond acceptors (Lipinski definition) is 3. The predicted octanol–water partition coefficient (Wildman–Crippen LogP) is 1.49. The highest BCUT2D eigenvalue weighted by molar-refractivity contribution is 5.97. The zero-order valence-electron chi connectivity index (χ0n) is 12.3. The Kier molecular flexibility index (Phi) is 3.22. The lowest BCUT2D eigenvalue weighted by Crippen LogP contribution is -2.44. The van der Waals surface area contributed by atoms with Gasteiger partial charge in [-0.05, 0) is 43.3 Å². The minimum atomic E-state index is -0.291. The molecule has 2 bridgehead atoms. The van der Waals surface area contributed by atoms with Crippen LogP contribution in [0.4, 0.5) is 0 Å². The Labute approximate surface area is 128 Å². The van der Waals surface area contributed by atoms with E-state index < -0.39 is 0 Å². The quantitative estimate of drug-likeness (QED) is 0.838. The van der Waals surface area contributed by atoms with Crippen molar-refractivity contribution in [3.05, 3.63) is 46.2 Å². The number of nitrogens with zero attached hydrogens (tertiary/aromatic N) is 1. The average Bonchev–Trinajstić information content (AvgIpc) is 2.79. The van der Waals surface area contributed by atoms with Crippen LogP contribution in [0.3, 0.4) is 0 Å². The number of carbonyl (C=O) groups is 1. The third kappa shape index (κ3) is 2.13. The molecule has 1 aromatic carbocycles. The Morgan fingerprint density at radius 2 is 1.95 bits per heavy atom. The molecule has 2 atom stereocenters. The van der Waals surface area contributed by atoms with Crippen LogP contribution in [0.15, 0.2) is 35.1 Å². The molecule has 114 valence electrons. The van der Waals surface area contributed by atoms with E-state index in [1.807, 2.05) is 29.2 Å². The first-order chi connectivity index (χ1) is 10.7. The third-order valence-corrected chi connectivity index (χ3v) is 4.87. The van der Waals surface area contributed by atoms with Crippen LogP contribution >= 0.6 is 0 Å². The Bertz CT molecular complexity index is 769. The fourth-order valence-electron chi connectivity index (χ4n) is 3.76. The molecule has 22 heavy (non-hydrogen) atoms. The molecule has 3 heterocycles. The van der Waals surface area contributed by atoms with E-state index >= 15 is 0 Å². The summed E-state index contributed by atoms with van der Waals surface area (Å²) in [5.41, 5.74) is 0.738. The van der Waals surface area contributed by atoms with E-state index in [2.05, 4.69) is 10.3 Å². The summed E-state index contributed by atoms with van der Waals surface area (Å²) in [5.74, 6) is -0.122. The van der Waals surface area contributed by atoms with Crippen molar-refractivity contribution in [2.75, 3.05) is 13.1 Å². The lowest BCUT2D eigenvalue weighted by atomic mass is 10.1. The number of pyridine rings is 1. The predicted molar refractivity (Wildman–Crippen MR) is 85.0 cm³/mol. The van der Waals surface area contributed by atoms with Crippen LogP contribution in [0, 0.1) is 0 Å². The maximum atomic E-state index is 13.0. The van der Waals surface area contributed by atoms with E-state index in [1.54, 1.807) is 6.07 Å². The number of carbonyl (C=O) groups excluding carboxylic acids is 1. The van der Waals surface area contributed by atoms with E-state index in [9.17, 15) is 9.59 Å². The molecule has 2 N–H and O–H groups in total. The van der Waals surface area contributed by atoms with E-state index in [-0.39, 0.29) is 29.1 Å². The van der Waals surface area contributed by atoms with Crippen molar-refractivity contribution in [2.45, 2.75) is 31.3 Å². The van der Waals surface area contributed by atoms with Gasteiger partial charge in [-0.2, -0.15) is 0 Å². The normalized spacial score (nSPS) is 24.5. The Morgan fingerprint density at radius 3 is 2.86 bits per heavy atom. The van der Waals surface area contributed by atoms with Crippen LogP contribution in [-0.4, -0.2) is 41.0 Å². The smallest absolute Gasteiger partial charge is 0.261 e. The van der Waals surface area contributed by atoms with Crippen molar-refractivity contribution in [3.8, 4) is 0 Å².